The van der Waals surface area contributed by atoms with Crippen LogP contribution in [0.2, 0.25) is 5.15 Å². The maximum absolute atomic E-state index is 12.1. The van der Waals surface area contributed by atoms with Crippen LogP contribution in [0.25, 0.3) is 5.69 Å². The molecular formula is C16H15ClN6OS. The summed E-state index contributed by atoms with van der Waals surface area (Å²) in [6, 6.07) is 9.41. The maximum Gasteiger partial charge on any atom is 0.234 e. The molecule has 7 nitrogen and oxygen atoms in total. The van der Waals surface area contributed by atoms with Crippen molar-refractivity contribution in [3.8, 4) is 5.69 Å². The third-order valence-corrected chi connectivity index (χ3v) is 4.61. The second-order valence-corrected chi connectivity index (χ2v) is 6.64. The predicted molar refractivity (Wildman–Crippen MR) is 97.2 cm³/mol. The first-order chi connectivity index (χ1) is 12.0. The molecule has 0 saturated heterocycles. The number of amides is 1. The summed E-state index contributed by atoms with van der Waals surface area (Å²) in [4.78, 5) is 16.0. The van der Waals surface area contributed by atoms with Crippen LogP contribution in [0.15, 0.2) is 41.7 Å². The van der Waals surface area contributed by atoms with E-state index < -0.39 is 0 Å². The van der Waals surface area contributed by atoms with E-state index in [0.717, 1.165) is 16.8 Å². The van der Waals surface area contributed by atoms with E-state index in [4.69, 9.17) is 11.6 Å². The second kappa shape index (κ2) is 7.62. The number of thioether (sulfide) groups is 1. The Kier molecular flexibility index (Phi) is 5.30. The fraction of sp³-hybridized carbons (Fsp3) is 0.188. The first-order valence-electron chi connectivity index (χ1n) is 7.44. The van der Waals surface area contributed by atoms with Gasteiger partial charge < -0.3 is 5.32 Å². The van der Waals surface area contributed by atoms with Crippen molar-refractivity contribution < 1.29 is 4.79 Å². The first kappa shape index (κ1) is 17.4. The van der Waals surface area contributed by atoms with Gasteiger partial charge in [-0.2, -0.15) is 4.68 Å². The Labute approximate surface area is 153 Å². The van der Waals surface area contributed by atoms with Crippen LogP contribution in [-0.4, -0.2) is 36.9 Å². The number of hydrogen-bond acceptors (Lipinski definition) is 6. The Balaban J connectivity index is 1.69. The number of aryl methyl sites for hydroxylation is 2. The summed E-state index contributed by atoms with van der Waals surface area (Å²) in [5.74, 6) is -0.0636. The molecule has 1 N–H and O–H groups in total. The number of halogens is 1. The highest BCUT2D eigenvalue weighted by Crippen LogP contribution is 2.22. The molecule has 0 fully saturated rings. The van der Waals surface area contributed by atoms with E-state index in [2.05, 4.69) is 31.9 Å². The molecule has 0 aliphatic rings. The van der Waals surface area contributed by atoms with Crippen molar-refractivity contribution in [1.29, 1.82) is 0 Å². The largest absolute Gasteiger partial charge is 0.323 e. The normalized spacial score (nSPS) is 10.7. The minimum atomic E-state index is -0.213. The van der Waals surface area contributed by atoms with Gasteiger partial charge in [-0.1, -0.05) is 41.1 Å². The molecule has 0 bridgehead atoms. The van der Waals surface area contributed by atoms with Crippen molar-refractivity contribution in [1.82, 2.24) is 25.2 Å². The number of rotatable bonds is 5. The molecule has 0 aliphatic heterocycles. The molecule has 2 aromatic heterocycles. The molecule has 0 spiro atoms. The summed E-state index contributed by atoms with van der Waals surface area (Å²) in [6.45, 7) is 4.02. The SMILES string of the molecule is Cc1ccc(-n2nnnc2SCC(=O)Nc2cccnc2Cl)c(C)c1. The molecule has 0 atom stereocenters. The van der Waals surface area contributed by atoms with Crippen LogP contribution in [0.3, 0.4) is 0 Å². The van der Waals surface area contributed by atoms with Crippen LogP contribution in [0.1, 0.15) is 11.1 Å². The van der Waals surface area contributed by atoms with Crippen LogP contribution in [0, 0.1) is 13.8 Å². The highest BCUT2D eigenvalue weighted by molar-refractivity contribution is 7.99. The first-order valence-corrected chi connectivity index (χ1v) is 8.80. The summed E-state index contributed by atoms with van der Waals surface area (Å²) in [6.07, 6.45) is 1.56. The predicted octanol–water partition coefficient (Wildman–Crippen LogP) is 3.06. The van der Waals surface area contributed by atoms with Crippen LogP contribution in [0.4, 0.5) is 5.69 Å². The van der Waals surface area contributed by atoms with E-state index in [9.17, 15) is 4.79 Å². The molecule has 0 radical (unpaired) electrons. The van der Waals surface area contributed by atoms with Crippen LogP contribution < -0.4 is 5.32 Å². The number of carbonyl (C=O) groups excluding carboxylic acids is 1. The third kappa shape index (κ3) is 4.15. The van der Waals surface area contributed by atoms with E-state index in [1.54, 1.807) is 23.0 Å². The van der Waals surface area contributed by atoms with Crippen molar-refractivity contribution >= 4 is 35.0 Å². The Morgan fingerprint density at radius 3 is 2.92 bits per heavy atom. The zero-order valence-electron chi connectivity index (χ0n) is 13.6. The van der Waals surface area contributed by atoms with Gasteiger partial charge >= 0.3 is 0 Å². The van der Waals surface area contributed by atoms with Crippen LogP contribution in [0.5, 0.6) is 0 Å². The monoisotopic (exact) mass is 374 g/mol. The maximum atomic E-state index is 12.1. The van der Waals surface area contributed by atoms with E-state index in [0.29, 0.717) is 10.8 Å². The Bertz CT molecular complexity index is 913. The number of anilines is 1. The van der Waals surface area contributed by atoms with Gasteiger partial charge in [-0.15, -0.1) is 5.10 Å². The van der Waals surface area contributed by atoms with Gasteiger partial charge in [-0.25, -0.2) is 4.98 Å². The molecular weight excluding hydrogens is 360 g/mol. The molecule has 25 heavy (non-hydrogen) atoms. The Morgan fingerprint density at radius 1 is 1.32 bits per heavy atom. The molecule has 2 heterocycles. The van der Waals surface area contributed by atoms with Gasteiger partial charge in [0, 0.05) is 6.20 Å². The lowest BCUT2D eigenvalue weighted by Crippen LogP contribution is -2.15. The van der Waals surface area contributed by atoms with Gasteiger partial charge in [0.2, 0.25) is 11.1 Å². The molecule has 0 aliphatic carbocycles. The average Bonchev–Trinajstić information content (AvgIpc) is 3.03. The smallest absolute Gasteiger partial charge is 0.234 e. The number of pyridine rings is 1. The summed E-state index contributed by atoms with van der Waals surface area (Å²) in [5.41, 5.74) is 3.58. The summed E-state index contributed by atoms with van der Waals surface area (Å²) >= 11 is 7.18. The van der Waals surface area contributed by atoms with Gasteiger partial charge in [-0.3, -0.25) is 4.79 Å². The minimum Gasteiger partial charge on any atom is -0.323 e. The topological polar surface area (TPSA) is 85.6 Å². The lowest BCUT2D eigenvalue weighted by atomic mass is 10.1. The fourth-order valence-corrected chi connectivity index (χ4v) is 3.11. The second-order valence-electron chi connectivity index (χ2n) is 5.34. The van der Waals surface area contributed by atoms with Crippen molar-refractivity contribution in [2.24, 2.45) is 0 Å². The van der Waals surface area contributed by atoms with Gasteiger partial charge in [0.25, 0.3) is 0 Å². The van der Waals surface area contributed by atoms with E-state index in [1.807, 2.05) is 26.0 Å². The molecule has 3 aromatic rings. The molecule has 128 valence electrons. The van der Waals surface area contributed by atoms with Crippen LogP contribution >= 0.6 is 23.4 Å². The Morgan fingerprint density at radius 2 is 2.16 bits per heavy atom. The number of hydrogen-bond donors (Lipinski definition) is 1. The molecule has 1 aromatic carbocycles. The number of aromatic nitrogens is 5. The lowest BCUT2D eigenvalue weighted by Gasteiger charge is -2.09. The molecule has 3 rings (SSSR count). The summed E-state index contributed by atoms with van der Waals surface area (Å²) in [5, 5.41) is 15.3. The highest BCUT2D eigenvalue weighted by atomic mass is 35.5. The third-order valence-electron chi connectivity index (χ3n) is 3.39. The van der Waals surface area contributed by atoms with Crippen molar-refractivity contribution in [3.05, 3.63) is 52.8 Å². The molecule has 1 amide bonds. The van der Waals surface area contributed by atoms with Gasteiger partial charge in [-0.05, 0) is 48.0 Å². The molecule has 9 heteroatoms. The summed E-state index contributed by atoms with van der Waals surface area (Å²) in [7, 11) is 0. The number of nitrogens with one attached hydrogen (secondary N) is 1. The van der Waals surface area contributed by atoms with E-state index in [1.165, 1.54) is 11.8 Å². The minimum absolute atomic E-state index is 0.149. The van der Waals surface area contributed by atoms with Crippen molar-refractivity contribution in [2.75, 3.05) is 11.1 Å². The van der Waals surface area contributed by atoms with E-state index >= 15 is 0 Å². The number of benzene rings is 1. The average molecular weight is 375 g/mol. The van der Waals surface area contributed by atoms with Crippen molar-refractivity contribution in [2.45, 2.75) is 19.0 Å². The zero-order valence-corrected chi connectivity index (χ0v) is 15.2. The quantitative estimate of drug-likeness (QED) is 0.545. The van der Waals surface area contributed by atoms with Gasteiger partial charge in [0.1, 0.15) is 0 Å². The van der Waals surface area contributed by atoms with Gasteiger partial charge in [0.15, 0.2) is 5.15 Å². The zero-order chi connectivity index (χ0) is 17.8. The number of carbonyl (C=O) groups is 1. The highest BCUT2D eigenvalue weighted by Gasteiger charge is 2.14. The standard InChI is InChI=1S/C16H15ClN6OS/c1-10-5-6-13(11(2)8-10)23-16(20-21-22-23)25-9-14(24)19-12-4-3-7-18-15(12)17/h3-8H,9H2,1-2H3,(H,19,24). The van der Waals surface area contributed by atoms with Crippen molar-refractivity contribution in [3.63, 3.8) is 0 Å². The van der Waals surface area contributed by atoms with Crippen LogP contribution in [-0.2, 0) is 4.79 Å². The number of tetrazole rings is 1. The number of nitrogens with zero attached hydrogens (tertiary/aromatic N) is 5. The van der Waals surface area contributed by atoms with E-state index in [-0.39, 0.29) is 16.8 Å². The molecule has 0 unspecified atom stereocenters. The molecule has 0 saturated carbocycles. The van der Waals surface area contributed by atoms with Gasteiger partial charge in [0.05, 0.1) is 17.1 Å². The Hall–Kier alpha value is -2.45. The lowest BCUT2D eigenvalue weighted by molar-refractivity contribution is -0.113. The fourth-order valence-electron chi connectivity index (χ4n) is 2.26. The summed E-state index contributed by atoms with van der Waals surface area (Å²) < 4.78 is 1.63.